The van der Waals surface area contributed by atoms with Crippen LogP contribution in [0.3, 0.4) is 0 Å². The third kappa shape index (κ3) is 2.64. The fraction of sp³-hybridized carbons (Fsp3) is 0. The first-order chi connectivity index (χ1) is 9.83. The average molecular weight is 265 g/mol. The Labute approximate surface area is 115 Å². The predicted molar refractivity (Wildman–Crippen MR) is 77.1 cm³/mol. The molecule has 3 nitrogen and oxygen atoms in total. The minimum absolute atomic E-state index is 0.244. The summed E-state index contributed by atoms with van der Waals surface area (Å²) in [6.45, 7) is 0. The Balaban J connectivity index is 1.91. The topological polar surface area (TPSA) is 41.6 Å². The lowest BCUT2D eigenvalue weighted by Crippen LogP contribution is -1.82. The third-order valence-corrected chi connectivity index (χ3v) is 2.91. The largest absolute Gasteiger partial charge is 0.284 e. The minimum Gasteiger partial charge on any atom is -0.284 e. The minimum atomic E-state index is -0.244. The van der Waals surface area contributed by atoms with Gasteiger partial charge in [0.05, 0.1) is 0 Å². The molecule has 0 fully saturated rings. The van der Waals surface area contributed by atoms with E-state index in [1.54, 1.807) is 24.7 Å². The van der Waals surface area contributed by atoms with Crippen molar-refractivity contribution in [1.29, 1.82) is 0 Å². The first-order valence-corrected chi connectivity index (χ1v) is 6.21. The molecule has 0 saturated heterocycles. The molecule has 0 aliphatic rings. The monoisotopic (exact) mass is 265 g/mol. The summed E-state index contributed by atoms with van der Waals surface area (Å²) in [5.41, 5.74) is 3.50. The summed E-state index contributed by atoms with van der Waals surface area (Å²) in [5.74, 6) is -0.244. The van der Waals surface area contributed by atoms with Crippen molar-refractivity contribution in [2.45, 2.75) is 0 Å². The maximum atomic E-state index is 13.1. The van der Waals surface area contributed by atoms with E-state index >= 15 is 0 Å². The van der Waals surface area contributed by atoms with Crippen LogP contribution in [-0.4, -0.2) is 15.2 Å². The van der Waals surface area contributed by atoms with Gasteiger partial charge in [-0.15, -0.1) is 0 Å². The highest BCUT2D eigenvalue weighted by Crippen LogP contribution is 2.21. The molecular formula is C16H12FN3. The molecule has 20 heavy (non-hydrogen) atoms. The first kappa shape index (κ1) is 12.3. The molecule has 1 N–H and O–H groups in total. The van der Waals surface area contributed by atoms with E-state index in [1.807, 2.05) is 30.4 Å². The van der Waals surface area contributed by atoms with Crippen molar-refractivity contribution >= 4 is 12.2 Å². The van der Waals surface area contributed by atoms with Crippen molar-refractivity contribution in [3.05, 3.63) is 71.9 Å². The second-order valence-corrected chi connectivity index (χ2v) is 4.32. The average Bonchev–Trinajstić information content (AvgIpc) is 2.95. The van der Waals surface area contributed by atoms with Crippen molar-refractivity contribution in [3.63, 3.8) is 0 Å². The van der Waals surface area contributed by atoms with Gasteiger partial charge in [0.15, 0.2) is 0 Å². The highest BCUT2D eigenvalue weighted by atomic mass is 19.1. The van der Waals surface area contributed by atoms with Crippen molar-refractivity contribution in [1.82, 2.24) is 15.2 Å². The van der Waals surface area contributed by atoms with Crippen LogP contribution in [0.1, 0.15) is 11.1 Å². The molecule has 0 aliphatic carbocycles. The summed E-state index contributed by atoms with van der Waals surface area (Å²) in [4.78, 5) is 4.08. The molecule has 98 valence electrons. The molecule has 2 aromatic heterocycles. The molecule has 0 aliphatic heterocycles. The van der Waals surface area contributed by atoms with Crippen LogP contribution < -0.4 is 0 Å². The second kappa shape index (κ2) is 5.48. The zero-order valence-electron chi connectivity index (χ0n) is 10.6. The number of nitrogens with one attached hydrogen (secondary N) is 1. The smallest absolute Gasteiger partial charge is 0.123 e. The molecule has 0 bridgehead atoms. The number of rotatable bonds is 3. The van der Waals surface area contributed by atoms with Crippen molar-refractivity contribution in [3.8, 4) is 11.3 Å². The zero-order chi connectivity index (χ0) is 13.8. The fourth-order valence-electron chi connectivity index (χ4n) is 1.96. The van der Waals surface area contributed by atoms with E-state index < -0.39 is 0 Å². The number of pyridine rings is 1. The highest BCUT2D eigenvalue weighted by molar-refractivity contribution is 5.78. The third-order valence-electron chi connectivity index (χ3n) is 2.91. The van der Waals surface area contributed by atoms with E-state index in [0.29, 0.717) is 0 Å². The van der Waals surface area contributed by atoms with Gasteiger partial charge in [-0.3, -0.25) is 10.1 Å². The summed E-state index contributed by atoms with van der Waals surface area (Å²) >= 11 is 0. The van der Waals surface area contributed by atoms with Crippen molar-refractivity contribution in [2.75, 3.05) is 0 Å². The van der Waals surface area contributed by atoms with E-state index in [0.717, 1.165) is 22.4 Å². The summed E-state index contributed by atoms with van der Waals surface area (Å²) in [6, 6.07) is 10.3. The molecule has 0 unspecified atom stereocenters. The standard InChI is InChI=1S/C16H12FN3/c17-15-5-1-3-12(9-15)6-7-14-11-19-20-16(14)13-4-2-8-18-10-13/h1-11H,(H,19,20)/b7-6+. The van der Waals surface area contributed by atoms with Crippen molar-refractivity contribution in [2.24, 2.45) is 0 Å². The van der Waals surface area contributed by atoms with Gasteiger partial charge >= 0.3 is 0 Å². The Morgan fingerprint density at radius 1 is 1.10 bits per heavy atom. The van der Waals surface area contributed by atoms with Crippen LogP contribution in [0.4, 0.5) is 4.39 Å². The van der Waals surface area contributed by atoms with Crippen LogP contribution in [-0.2, 0) is 0 Å². The van der Waals surface area contributed by atoms with Crippen LogP contribution in [0.25, 0.3) is 23.4 Å². The maximum Gasteiger partial charge on any atom is 0.123 e. The highest BCUT2D eigenvalue weighted by Gasteiger charge is 2.05. The van der Waals surface area contributed by atoms with Gasteiger partial charge in [-0.1, -0.05) is 24.3 Å². The summed E-state index contributed by atoms with van der Waals surface area (Å²) in [7, 11) is 0. The Kier molecular flexibility index (Phi) is 3.37. The van der Waals surface area contributed by atoms with Crippen LogP contribution in [0, 0.1) is 5.82 Å². The molecule has 0 saturated carbocycles. The van der Waals surface area contributed by atoms with Crippen LogP contribution in [0.5, 0.6) is 0 Å². The number of aromatic amines is 1. The molecule has 0 amide bonds. The quantitative estimate of drug-likeness (QED) is 0.783. The molecule has 4 heteroatoms. The molecular weight excluding hydrogens is 253 g/mol. The van der Waals surface area contributed by atoms with E-state index in [9.17, 15) is 4.39 Å². The van der Waals surface area contributed by atoms with Gasteiger partial charge in [0.25, 0.3) is 0 Å². The zero-order valence-corrected chi connectivity index (χ0v) is 10.6. The van der Waals surface area contributed by atoms with E-state index in [4.69, 9.17) is 0 Å². The van der Waals surface area contributed by atoms with Crippen molar-refractivity contribution < 1.29 is 4.39 Å². The lowest BCUT2D eigenvalue weighted by molar-refractivity contribution is 0.627. The number of H-pyrrole nitrogens is 1. The van der Waals surface area contributed by atoms with E-state index in [2.05, 4.69) is 15.2 Å². The molecule has 3 aromatic rings. The Bertz CT molecular complexity index is 732. The van der Waals surface area contributed by atoms with Crippen LogP contribution in [0.15, 0.2) is 55.0 Å². The first-order valence-electron chi connectivity index (χ1n) is 6.21. The van der Waals surface area contributed by atoms with E-state index in [-0.39, 0.29) is 5.82 Å². The maximum absolute atomic E-state index is 13.1. The van der Waals surface area contributed by atoms with Gasteiger partial charge in [-0.25, -0.2) is 4.39 Å². The van der Waals surface area contributed by atoms with Gasteiger partial charge in [0.1, 0.15) is 11.5 Å². The summed E-state index contributed by atoms with van der Waals surface area (Å²) in [6.07, 6.45) is 9.04. The fourth-order valence-corrected chi connectivity index (χ4v) is 1.96. The Hall–Kier alpha value is -2.75. The normalized spacial score (nSPS) is 11.1. The Morgan fingerprint density at radius 2 is 2.05 bits per heavy atom. The number of nitrogens with zero attached hydrogens (tertiary/aromatic N) is 2. The SMILES string of the molecule is Fc1cccc(/C=C/c2c[nH]nc2-c2cccnc2)c1. The van der Waals surface area contributed by atoms with Crippen LogP contribution >= 0.6 is 0 Å². The van der Waals surface area contributed by atoms with Gasteiger partial charge < -0.3 is 0 Å². The molecule has 2 heterocycles. The number of halogens is 1. The van der Waals surface area contributed by atoms with Gasteiger partial charge in [-0.2, -0.15) is 5.10 Å². The number of hydrogen-bond donors (Lipinski definition) is 1. The number of benzene rings is 1. The lowest BCUT2D eigenvalue weighted by Gasteiger charge is -1.97. The van der Waals surface area contributed by atoms with Gasteiger partial charge in [-0.05, 0) is 29.8 Å². The second-order valence-electron chi connectivity index (χ2n) is 4.32. The number of hydrogen-bond acceptors (Lipinski definition) is 2. The molecule has 0 atom stereocenters. The molecule has 0 radical (unpaired) electrons. The molecule has 0 spiro atoms. The number of aromatic nitrogens is 3. The van der Waals surface area contributed by atoms with E-state index in [1.165, 1.54) is 12.1 Å². The molecule has 1 aromatic carbocycles. The lowest BCUT2D eigenvalue weighted by atomic mass is 10.1. The molecule has 3 rings (SSSR count). The van der Waals surface area contributed by atoms with Gasteiger partial charge in [0.2, 0.25) is 0 Å². The summed E-state index contributed by atoms with van der Waals surface area (Å²) in [5, 5.41) is 7.07. The van der Waals surface area contributed by atoms with Gasteiger partial charge in [0, 0.05) is 29.7 Å². The summed E-state index contributed by atoms with van der Waals surface area (Å²) < 4.78 is 13.1. The van der Waals surface area contributed by atoms with Crippen LogP contribution in [0.2, 0.25) is 0 Å². The predicted octanol–water partition coefficient (Wildman–Crippen LogP) is 3.78. The Morgan fingerprint density at radius 3 is 2.85 bits per heavy atom.